The lowest BCUT2D eigenvalue weighted by Gasteiger charge is -2.30. The zero-order valence-electron chi connectivity index (χ0n) is 17.6. The van der Waals surface area contributed by atoms with Gasteiger partial charge in [0.1, 0.15) is 12.4 Å². The predicted octanol–water partition coefficient (Wildman–Crippen LogP) is 3.37. The van der Waals surface area contributed by atoms with Gasteiger partial charge in [0.05, 0.1) is 13.7 Å². The second-order valence-electron chi connectivity index (χ2n) is 7.17. The molecule has 1 aromatic heterocycles. The highest BCUT2D eigenvalue weighted by molar-refractivity contribution is 5.76. The number of benzene rings is 2. The number of hydrogen-bond donors (Lipinski definition) is 0. The number of methoxy groups -OCH3 is 1. The molecule has 3 aromatic rings. The van der Waals surface area contributed by atoms with Crippen LogP contribution in [-0.2, 0) is 11.2 Å². The third-order valence-corrected chi connectivity index (χ3v) is 5.10. The van der Waals surface area contributed by atoms with E-state index in [2.05, 4.69) is 10.1 Å². The highest BCUT2D eigenvalue weighted by atomic mass is 16.6. The van der Waals surface area contributed by atoms with Gasteiger partial charge >= 0.3 is 0 Å². The second-order valence-corrected chi connectivity index (χ2v) is 7.17. The number of amides is 1. The molecule has 8 nitrogen and oxygen atoms in total. The van der Waals surface area contributed by atoms with Crippen LogP contribution in [0.5, 0.6) is 17.2 Å². The first-order valence-electron chi connectivity index (χ1n) is 10.3. The summed E-state index contributed by atoms with van der Waals surface area (Å²) in [4.78, 5) is 18.9. The van der Waals surface area contributed by atoms with Crippen LogP contribution in [0.4, 0.5) is 0 Å². The van der Waals surface area contributed by atoms with Crippen molar-refractivity contribution < 1.29 is 23.5 Å². The third-order valence-electron chi connectivity index (χ3n) is 5.10. The molecule has 4 rings (SSSR count). The molecule has 0 N–H and O–H groups in total. The molecule has 0 saturated heterocycles. The monoisotopic (exact) mass is 423 g/mol. The predicted molar refractivity (Wildman–Crippen MR) is 113 cm³/mol. The Labute approximate surface area is 180 Å². The van der Waals surface area contributed by atoms with Crippen LogP contribution in [0.25, 0.3) is 11.4 Å². The second kappa shape index (κ2) is 9.51. The van der Waals surface area contributed by atoms with Gasteiger partial charge in [0.15, 0.2) is 17.6 Å². The summed E-state index contributed by atoms with van der Waals surface area (Å²) < 4.78 is 22.2. The van der Waals surface area contributed by atoms with E-state index >= 15 is 0 Å². The van der Waals surface area contributed by atoms with E-state index < -0.39 is 0 Å². The molecule has 1 aliphatic heterocycles. The molecule has 0 spiro atoms. The molecule has 31 heavy (non-hydrogen) atoms. The summed E-state index contributed by atoms with van der Waals surface area (Å²) in [5.41, 5.74) is 0.826. The molecule has 1 unspecified atom stereocenters. The summed E-state index contributed by atoms with van der Waals surface area (Å²) in [6.07, 6.45) is 0.454. The molecule has 2 heterocycles. The van der Waals surface area contributed by atoms with Gasteiger partial charge in [-0.2, -0.15) is 4.98 Å². The van der Waals surface area contributed by atoms with Gasteiger partial charge in [0, 0.05) is 24.9 Å². The lowest BCUT2D eigenvalue weighted by molar-refractivity contribution is -0.132. The third kappa shape index (κ3) is 4.96. The van der Waals surface area contributed by atoms with Crippen molar-refractivity contribution in [3.8, 4) is 28.6 Å². The number of nitrogens with zero attached hydrogens (tertiary/aromatic N) is 3. The molecule has 0 radical (unpaired) electrons. The Kier molecular flexibility index (Phi) is 6.35. The fraction of sp³-hybridized carbons (Fsp3) is 0.348. The SMILES string of the molecule is CCN(CC1COc2ccccc2O1)C(=O)CCc1nc(-c2ccc(OC)cc2)no1. The number of aromatic nitrogens is 2. The Balaban J connectivity index is 1.31. The number of fused-ring (bicyclic) bond motifs is 1. The zero-order chi connectivity index (χ0) is 21.6. The normalized spacial score (nSPS) is 14.8. The molecule has 0 saturated carbocycles. The molecule has 8 heteroatoms. The van der Waals surface area contributed by atoms with E-state index in [-0.39, 0.29) is 18.4 Å². The first-order valence-corrected chi connectivity index (χ1v) is 10.3. The van der Waals surface area contributed by atoms with Crippen molar-refractivity contribution in [1.29, 1.82) is 0 Å². The van der Waals surface area contributed by atoms with Gasteiger partial charge in [-0.05, 0) is 43.3 Å². The van der Waals surface area contributed by atoms with E-state index in [0.717, 1.165) is 17.1 Å². The number of likely N-dealkylation sites (N-methyl/N-ethyl adjacent to an activating group) is 1. The number of carbonyl (C=O) groups is 1. The average Bonchev–Trinajstić information content (AvgIpc) is 3.30. The first kappa shape index (κ1) is 20.7. The molecular formula is C23H25N3O5. The van der Waals surface area contributed by atoms with Crippen molar-refractivity contribution in [3.05, 3.63) is 54.4 Å². The van der Waals surface area contributed by atoms with E-state index in [9.17, 15) is 4.79 Å². The van der Waals surface area contributed by atoms with Crippen molar-refractivity contribution >= 4 is 5.91 Å². The van der Waals surface area contributed by atoms with E-state index in [1.165, 1.54) is 0 Å². The fourth-order valence-corrected chi connectivity index (χ4v) is 3.39. The van der Waals surface area contributed by atoms with Gasteiger partial charge in [-0.3, -0.25) is 4.79 Å². The van der Waals surface area contributed by atoms with E-state index in [1.54, 1.807) is 12.0 Å². The summed E-state index contributed by atoms with van der Waals surface area (Å²) in [6.45, 7) is 3.41. The quantitative estimate of drug-likeness (QED) is 0.549. The van der Waals surface area contributed by atoms with Crippen LogP contribution in [0.15, 0.2) is 53.1 Å². The molecule has 2 aromatic carbocycles. The fourth-order valence-electron chi connectivity index (χ4n) is 3.39. The van der Waals surface area contributed by atoms with Crippen molar-refractivity contribution in [2.24, 2.45) is 0 Å². The lowest BCUT2D eigenvalue weighted by Crippen LogP contribution is -2.43. The lowest BCUT2D eigenvalue weighted by atomic mass is 10.2. The van der Waals surface area contributed by atoms with Gasteiger partial charge in [0.25, 0.3) is 0 Å². The average molecular weight is 423 g/mol. The minimum atomic E-state index is -0.205. The molecule has 0 bridgehead atoms. The molecule has 1 amide bonds. The number of carbonyl (C=O) groups excluding carboxylic acids is 1. The highest BCUT2D eigenvalue weighted by Crippen LogP contribution is 2.31. The molecule has 1 atom stereocenters. The van der Waals surface area contributed by atoms with Crippen molar-refractivity contribution in [1.82, 2.24) is 15.0 Å². The van der Waals surface area contributed by atoms with Gasteiger partial charge in [-0.15, -0.1) is 0 Å². The number of ether oxygens (including phenoxy) is 3. The molecule has 162 valence electrons. The summed E-state index contributed by atoms with van der Waals surface area (Å²) in [5, 5.41) is 4.01. The number of aryl methyl sites for hydroxylation is 1. The molecule has 0 aliphatic carbocycles. The Morgan fingerprint density at radius 2 is 1.94 bits per heavy atom. The van der Waals surface area contributed by atoms with Crippen molar-refractivity contribution in [2.45, 2.75) is 25.9 Å². The maximum Gasteiger partial charge on any atom is 0.227 e. The van der Waals surface area contributed by atoms with Crippen LogP contribution in [0.3, 0.4) is 0 Å². The summed E-state index contributed by atoms with van der Waals surface area (Å²) >= 11 is 0. The topological polar surface area (TPSA) is 86.9 Å². The number of rotatable bonds is 8. The minimum Gasteiger partial charge on any atom is -0.497 e. The Bertz CT molecular complexity index is 1020. The largest absolute Gasteiger partial charge is 0.497 e. The minimum absolute atomic E-state index is 0.00848. The number of hydrogen-bond acceptors (Lipinski definition) is 7. The summed E-state index contributed by atoms with van der Waals surface area (Å²) in [5.74, 6) is 3.13. The van der Waals surface area contributed by atoms with E-state index in [4.69, 9.17) is 18.7 Å². The van der Waals surface area contributed by atoms with Crippen LogP contribution in [0, 0.1) is 0 Å². The zero-order valence-corrected chi connectivity index (χ0v) is 17.6. The van der Waals surface area contributed by atoms with Crippen LogP contribution < -0.4 is 14.2 Å². The van der Waals surface area contributed by atoms with Gasteiger partial charge in [-0.1, -0.05) is 17.3 Å². The maximum atomic E-state index is 12.7. The Morgan fingerprint density at radius 1 is 1.16 bits per heavy atom. The van der Waals surface area contributed by atoms with Crippen LogP contribution in [-0.4, -0.2) is 53.9 Å². The van der Waals surface area contributed by atoms with E-state index in [0.29, 0.717) is 43.6 Å². The summed E-state index contributed by atoms with van der Waals surface area (Å²) in [7, 11) is 1.62. The summed E-state index contributed by atoms with van der Waals surface area (Å²) in [6, 6.07) is 14.9. The van der Waals surface area contributed by atoms with Crippen molar-refractivity contribution in [2.75, 3.05) is 26.8 Å². The molecular weight excluding hydrogens is 398 g/mol. The van der Waals surface area contributed by atoms with Gasteiger partial charge in [0.2, 0.25) is 17.6 Å². The van der Waals surface area contributed by atoms with Crippen LogP contribution in [0.2, 0.25) is 0 Å². The maximum absolute atomic E-state index is 12.7. The Morgan fingerprint density at radius 3 is 2.68 bits per heavy atom. The molecule has 1 aliphatic rings. The van der Waals surface area contributed by atoms with Crippen molar-refractivity contribution in [3.63, 3.8) is 0 Å². The first-order chi connectivity index (χ1) is 15.2. The van der Waals surface area contributed by atoms with Crippen LogP contribution >= 0.6 is 0 Å². The van der Waals surface area contributed by atoms with E-state index in [1.807, 2.05) is 55.5 Å². The highest BCUT2D eigenvalue weighted by Gasteiger charge is 2.25. The van der Waals surface area contributed by atoms with Crippen LogP contribution in [0.1, 0.15) is 19.2 Å². The van der Waals surface area contributed by atoms with Gasteiger partial charge in [-0.25, -0.2) is 0 Å². The number of para-hydroxylation sites is 2. The standard InChI is InChI=1S/C23H25N3O5/c1-3-26(14-18-15-29-19-6-4-5-7-20(19)30-18)22(27)13-12-21-24-23(25-31-21)16-8-10-17(28-2)11-9-16/h4-11,18H,3,12-15H2,1-2H3. The molecule has 0 fully saturated rings. The smallest absolute Gasteiger partial charge is 0.227 e. The van der Waals surface area contributed by atoms with Gasteiger partial charge < -0.3 is 23.6 Å². The Hall–Kier alpha value is -3.55.